The van der Waals surface area contributed by atoms with Crippen LogP contribution in [0.3, 0.4) is 0 Å². The van der Waals surface area contributed by atoms with Crippen LogP contribution in [0.2, 0.25) is 0 Å². The predicted octanol–water partition coefficient (Wildman–Crippen LogP) is 3.93. The number of fused-ring (bicyclic) bond motifs is 1. The van der Waals surface area contributed by atoms with Crippen LogP contribution in [0.5, 0.6) is 0 Å². The fraction of sp³-hybridized carbons (Fsp3) is 0.235. The molecule has 1 aromatic carbocycles. The Balaban J connectivity index is 2.26. The van der Waals surface area contributed by atoms with E-state index in [1.54, 1.807) is 18.3 Å². The first-order valence-corrected chi connectivity index (χ1v) is 7.25. The molecule has 1 unspecified atom stereocenters. The first-order chi connectivity index (χ1) is 10.9. The molecule has 0 spiro atoms. The van der Waals surface area contributed by atoms with Crippen molar-refractivity contribution in [1.82, 2.24) is 9.55 Å². The largest absolute Gasteiger partial charge is 0.419 e. The van der Waals surface area contributed by atoms with E-state index in [0.29, 0.717) is 11.9 Å². The Hall–Kier alpha value is -2.34. The Morgan fingerprint density at radius 1 is 1.17 bits per heavy atom. The van der Waals surface area contributed by atoms with Gasteiger partial charge in [-0.25, -0.2) is 4.98 Å². The number of nitrogens with zero attached hydrogens (tertiary/aromatic N) is 2. The quantitative estimate of drug-likeness (QED) is 0.795. The molecule has 0 saturated heterocycles. The SMILES string of the molecule is CC(N)Cc1cn(-c2ncccc2C(F)(F)F)c2ccccc12. The lowest BCUT2D eigenvalue weighted by Gasteiger charge is -2.13. The average Bonchev–Trinajstić information content (AvgIpc) is 2.85. The number of nitrogens with two attached hydrogens (primary N) is 1. The monoisotopic (exact) mass is 319 g/mol. The van der Waals surface area contributed by atoms with Crippen molar-refractivity contribution in [3.63, 3.8) is 0 Å². The number of halogens is 3. The van der Waals surface area contributed by atoms with E-state index in [-0.39, 0.29) is 11.9 Å². The van der Waals surface area contributed by atoms with E-state index < -0.39 is 11.7 Å². The Morgan fingerprint density at radius 3 is 2.61 bits per heavy atom. The number of rotatable bonds is 3. The van der Waals surface area contributed by atoms with Crippen LogP contribution in [0.15, 0.2) is 48.8 Å². The third kappa shape index (κ3) is 2.94. The van der Waals surface area contributed by atoms with Crippen molar-refractivity contribution in [2.75, 3.05) is 0 Å². The zero-order valence-electron chi connectivity index (χ0n) is 12.5. The highest BCUT2D eigenvalue weighted by atomic mass is 19.4. The molecule has 3 aromatic rings. The molecule has 120 valence electrons. The summed E-state index contributed by atoms with van der Waals surface area (Å²) in [5.41, 5.74) is 6.70. The number of pyridine rings is 1. The van der Waals surface area contributed by atoms with E-state index >= 15 is 0 Å². The number of hydrogen-bond acceptors (Lipinski definition) is 2. The highest BCUT2D eigenvalue weighted by Gasteiger charge is 2.35. The molecule has 6 heteroatoms. The van der Waals surface area contributed by atoms with Crippen molar-refractivity contribution in [3.05, 3.63) is 59.9 Å². The van der Waals surface area contributed by atoms with Crippen LogP contribution < -0.4 is 5.73 Å². The summed E-state index contributed by atoms with van der Waals surface area (Å²) in [6, 6.07) is 9.59. The second-order valence-electron chi connectivity index (χ2n) is 5.60. The highest BCUT2D eigenvalue weighted by Crippen LogP contribution is 2.35. The summed E-state index contributed by atoms with van der Waals surface area (Å²) < 4.78 is 41.3. The lowest BCUT2D eigenvalue weighted by molar-refractivity contribution is -0.137. The molecule has 0 aliphatic carbocycles. The molecule has 0 aliphatic heterocycles. The van der Waals surface area contributed by atoms with Crippen LogP contribution in [0.4, 0.5) is 13.2 Å². The van der Waals surface area contributed by atoms with Gasteiger partial charge in [0.1, 0.15) is 5.82 Å². The van der Waals surface area contributed by atoms with Crippen molar-refractivity contribution in [3.8, 4) is 5.82 Å². The third-order valence-electron chi connectivity index (χ3n) is 3.66. The van der Waals surface area contributed by atoms with Crippen LogP contribution >= 0.6 is 0 Å². The number of aromatic nitrogens is 2. The van der Waals surface area contributed by atoms with Crippen molar-refractivity contribution in [1.29, 1.82) is 0 Å². The first kappa shape index (κ1) is 15.6. The molecule has 0 amide bonds. The van der Waals surface area contributed by atoms with Gasteiger partial charge >= 0.3 is 6.18 Å². The summed E-state index contributed by atoms with van der Waals surface area (Å²) in [4.78, 5) is 3.97. The summed E-state index contributed by atoms with van der Waals surface area (Å²) in [6.45, 7) is 1.87. The van der Waals surface area contributed by atoms with Gasteiger partial charge in [0.05, 0.1) is 11.1 Å². The maximum absolute atomic E-state index is 13.3. The molecule has 2 N–H and O–H groups in total. The smallest absolute Gasteiger partial charge is 0.328 e. The standard InChI is InChI=1S/C17H16F3N3/c1-11(21)9-12-10-23(15-7-3-2-5-13(12)15)16-14(17(18,19)20)6-4-8-22-16/h2-8,10-11H,9,21H2,1H3. The number of benzene rings is 1. The lowest BCUT2D eigenvalue weighted by Crippen LogP contribution is -2.17. The van der Waals surface area contributed by atoms with Gasteiger partial charge in [-0.3, -0.25) is 0 Å². The molecule has 0 fully saturated rings. The van der Waals surface area contributed by atoms with Gasteiger partial charge in [-0.05, 0) is 37.1 Å². The number of para-hydroxylation sites is 1. The number of alkyl halides is 3. The minimum absolute atomic E-state index is 0.0833. The Morgan fingerprint density at radius 2 is 1.91 bits per heavy atom. The van der Waals surface area contributed by atoms with Gasteiger partial charge < -0.3 is 10.3 Å². The zero-order valence-corrected chi connectivity index (χ0v) is 12.5. The third-order valence-corrected chi connectivity index (χ3v) is 3.66. The zero-order chi connectivity index (χ0) is 16.6. The van der Waals surface area contributed by atoms with Crippen LogP contribution in [0.25, 0.3) is 16.7 Å². The van der Waals surface area contributed by atoms with E-state index in [1.807, 2.05) is 19.1 Å². The number of hydrogen-bond donors (Lipinski definition) is 1. The minimum atomic E-state index is -4.46. The van der Waals surface area contributed by atoms with E-state index in [0.717, 1.165) is 17.0 Å². The first-order valence-electron chi connectivity index (χ1n) is 7.25. The van der Waals surface area contributed by atoms with Crippen molar-refractivity contribution in [2.45, 2.75) is 25.6 Å². The minimum Gasteiger partial charge on any atom is -0.328 e. The van der Waals surface area contributed by atoms with Gasteiger partial charge in [0.25, 0.3) is 0 Å². The summed E-state index contributed by atoms with van der Waals surface area (Å²) >= 11 is 0. The maximum Gasteiger partial charge on any atom is 0.419 e. The van der Waals surface area contributed by atoms with Gasteiger partial charge in [0, 0.05) is 23.8 Å². The molecule has 2 heterocycles. The fourth-order valence-electron chi connectivity index (χ4n) is 2.75. The maximum atomic E-state index is 13.3. The molecular weight excluding hydrogens is 303 g/mol. The Kier molecular flexibility index (Phi) is 3.85. The highest BCUT2D eigenvalue weighted by molar-refractivity contribution is 5.85. The molecule has 0 radical (unpaired) electrons. The van der Waals surface area contributed by atoms with Crippen LogP contribution in [0, 0.1) is 0 Å². The van der Waals surface area contributed by atoms with Gasteiger partial charge in [0.15, 0.2) is 0 Å². The summed E-state index contributed by atoms with van der Waals surface area (Å²) in [5.74, 6) is -0.118. The predicted molar refractivity (Wildman–Crippen MR) is 83.4 cm³/mol. The van der Waals surface area contributed by atoms with Gasteiger partial charge in [-0.15, -0.1) is 0 Å². The van der Waals surface area contributed by atoms with E-state index in [9.17, 15) is 13.2 Å². The second-order valence-corrected chi connectivity index (χ2v) is 5.60. The Bertz CT molecular complexity index is 834. The van der Waals surface area contributed by atoms with E-state index in [1.165, 1.54) is 16.8 Å². The molecule has 2 aromatic heterocycles. The molecule has 1 atom stereocenters. The van der Waals surface area contributed by atoms with Crippen LogP contribution in [-0.4, -0.2) is 15.6 Å². The summed E-state index contributed by atoms with van der Waals surface area (Å²) in [6.07, 6.45) is -0.811. The topological polar surface area (TPSA) is 43.8 Å². The molecule has 0 aliphatic rings. The van der Waals surface area contributed by atoms with Crippen molar-refractivity contribution >= 4 is 10.9 Å². The fourth-order valence-corrected chi connectivity index (χ4v) is 2.75. The molecule has 0 bridgehead atoms. The molecule has 3 nitrogen and oxygen atoms in total. The van der Waals surface area contributed by atoms with Crippen LogP contribution in [0.1, 0.15) is 18.1 Å². The average molecular weight is 319 g/mol. The molecular formula is C17H16F3N3. The van der Waals surface area contributed by atoms with Gasteiger partial charge in [-0.1, -0.05) is 18.2 Å². The molecule has 0 saturated carbocycles. The molecule has 3 rings (SSSR count). The summed E-state index contributed by atoms with van der Waals surface area (Å²) in [7, 11) is 0. The normalized spacial score (nSPS) is 13.4. The van der Waals surface area contributed by atoms with Gasteiger partial charge in [-0.2, -0.15) is 13.2 Å². The van der Waals surface area contributed by atoms with Crippen molar-refractivity contribution in [2.24, 2.45) is 5.73 Å². The second kappa shape index (κ2) is 5.70. The van der Waals surface area contributed by atoms with Gasteiger partial charge in [0.2, 0.25) is 0 Å². The summed E-state index contributed by atoms with van der Waals surface area (Å²) in [5, 5.41) is 0.892. The molecule has 23 heavy (non-hydrogen) atoms. The van der Waals surface area contributed by atoms with E-state index in [2.05, 4.69) is 4.98 Å². The lowest BCUT2D eigenvalue weighted by atomic mass is 10.1. The Labute approximate surface area is 131 Å². The van der Waals surface area contributed by atoms with Crippen LogP contribution in [-0.2, 0) is 12.6 Å². The van der Waals surface area contributed by atoms with Crippen molar-refractivity contribution < 1.29 is 13.2 Å². The van der Waals surface area contributed by atoms with E-state index in [4.69, 9.17) is 5.73 Å².